The van der Waals surface area contributed by atoms with Gasteiger partial charge in [-0.05, 0) is 39.3 Å². The summed E-state index contributed by atoms with van der Waals surface area (Å²) < 4.78 is 0. The van der Waals surface area contributed by atoms with E-state index in [0.29, 0.717) is 11.9 Å². The van der Waals surface area contributed by atoms with E-state index >= 15 is 0 Å². The van der Waals surface area contributed by atoms with Crippen LogP contribution in [0.3, 0.4) is 0 Å². The highest BCUT2D eigenvalue weighted by molar-refractivity contribution is 5.76. The van der Waals surface area contributed by atoms with E-state index in [1.807, 2.05) is 0 Å². The first-order valence-electron chi connectivity index (χ1n) is 6.25. The van der Waals surface area contributed by atoms with Crippen molar-refractivity contribution in [1.82, 2.24) is 9.80 Å². The number of hydrogen-bond donors (Lipinski definition) is 0. The molecule has 0 bridgehead atoms. The zero-order valence-corrected chi connectivity index (χ0v) is 9.74. The van der Waals surface area contributed by atoms with Crippen molar-refractivity contribution in [3.63, 3.8) is 0 Å². The third-order valence-corrected chi connectivity index (χ3v) is 3.77. The maximum atomic E-state index is 11.7. The molecule has 2 rings (SSSR count). The smallest absolute Gasteiger partial charge is 0.222 e. The Bertz CT molecular complexity index is 230. The molecule has 0 aromatic rings. The summed E-state index contributed by atoms with van der Waals surface area (Å²) in [6.45, 7) is 3.16. The zero-order valence-electron chi connectivity index (χ0n) is 9.74. The standard InChI is InChI=1S/C12H22N2O/c1-13-8-4-2-6-11(13)10-14-9-5-3-7-12(14)15/h11H,2-10H2,1H3/t11-/m0/s1. The van der Waals surface area contributed by atoms with Gasteiger partial charge >= 0.3 is 0 Å². The Balaban J connectivity index is 1.86. The fourth-order valence-electron chi connectivity index (χ4n) is 2.68. The number of hydrogen-bond acceptors (Lipinski definition) is 2. The summed E-state index contributed by atoms with van der Waals surface area (Å²) in [6.07, 6.45) is 6.98. The first-order chi connectivity index (χ1) is 7.27. The lowest BCUT2D eigenvalue weighted by Crippen LogP contribution is -2.47. The lowest BCUT2D eigenvalue weighted by atomic mass is 10.0. The van der Waals surface area contributed by atoms with Crippen LogP contribution in [-0.4, -0.2) is 48.4 Å². The highest BCUT2D eigenvalue weighted by Gasteiger charge is 2.25. The number of amides is 1. The van der Waals surface area contributed by atoms with Crippen LogP contribution in [0.15, 0.2) is 0 Å². The van der Waals surface area contributed by atoms with E-state index in [-0.39, 0.29) is 0 Å². The lowest BCUT2D eigenvalue weighted by molar-refractivity contribution is -0.134. The average Bonchev–Trinajstić information content (AvgIpc) is 2.24. The first-order valence-corrected chi connectivity index (χ1v) is 6.25. The summed E-state index contributed by atoms with van der Waals surface area (Å²) in [5, 5.41) is 0. The van der Waals surface area contributed by atoms with Gasteiger partial charge in [0.25, 0.3) is 0 Å². The fraction of sp³-hybridized carbons (Fsp3) is 0.917. The van der Waals surface area contributed by atoms with E-state index in [4.69, 9.17) is 0 Å². The van der Waals surface area contributed by atoms with Crippen LogP contribution in [0.4, 0.5) is 0 Å². The molecule has 2 heterocycles. The third kappa shape index (κ3) is 2.71. The quantitative estimate of drug-likeness (QED) is 0.689. The van der Waals surface area contributed by atoms with Gasteiger partial charge in [-0.15, -0.1) is 0 Å². The molecular formula is C12H22N2O. The van der Waals surface area contributed by atoms with Crippen molar-refractivity contribution >= 4 is 5.91 Å². The van der Waals surface area contributed by atoms with Crippen molar-refractivity contribution < 1.29 is 4.79 Å². The summed E-state index contributed by atoms with van der Waals surface area (Å²) in [7, 11) is 2.19. The van der Waals surface area contributed by atoms with Gasteiger partial charge in [-0.25, -0.2) is 0 Å². The molecule has 1 amide bonds. The number of carbonyl (C=O) groups is 1. The summed E-state index contributed by atoms with van der Waals surface area (Å²) in [4.78, 5) is 16.2. The van der Waals surface area contributed by atoms with Gasteiger partial charge in [-0.2, -0.15) is 0 Å². The summed E-state index contributed by atoms with van der Waals surface area (Å²) >= 11 is 0. The number of likely N-dealkylation sites (tertiary alicyclic amines) is 2. The first kappa shape index (κ1) is 10.9. The molecule has 2 aliphatic heterocycles. The minimum absolute atomic E-state index is 0.375. The minimum Gasteiger partial charge on any atom is -0.341 e. The Morgan fingerprint density at radius 3 is 2.73 bits per heavy atom. The Labute approximate surface area is 92.4 Å². The number of rotatable bonds is 2. The van der Waals surface area contributed by atoms with Gasteiger partial charge < -0.3 is 9.80 Å². The molecule has 0 aromatic heterocycles. The van der Waals surface area contributed by atoms with Crippen molar-refractivity contribution in [1.29, 1.82) is 0 Å². The second-order valence-corrected chi connectivity index (χ2v) is 4.93. The molecule has 15 heavy (non-hydrogen) atoms. The van der Waals surface area contributed by atoms with Crippen LogP contribution < -0.4 is 0 Å². The van der Waals surface area contributed by atoms with Crippen molar-refractivity contribution in [3.05, 3.63) is 0 Å². The Morgan fingerprint density at radius 1 is 1.20 bits per heavy atom. The van der Waals surface area contributed by atoms with Crippen LogP contribution in [0.2, 0.25) is 0 Å². The molecule has 0 spiro atoms. The van der Waals surface area contributed by atoms with Crippen molar-refractivity contribution in [2.24, 2.45) is 0 Å². The molecule has 1 atom stereocenters. The molecule has 0 N–H and O–H groups in total. The predicted octanol–water partition coefficient (Wildman–Crippen LogP) is 1.48. The van der Waals surface area contributed by atoms with Gasteiger partial charge in [0.1, 0.15) is 0 Å². The normalized spacial score (nSPS) is 29.5. The van der Waals surface area contributed by atoms with Crippen LogP contribution >= 0.6 is 0 Å². The topological polar surface area (TPSA) is 23.6 Å². The second-order valence-electron chi connectivity index (χ2n) is 4.93. The van der Waals surface area contributed by atoms with E-state index in [2.05, 4.69) is 16.8 Å². The third-order valence-electron chi connectivity index (χ3n) is 3.77. The minimum atomic E-state index is 0.375. The molecule has 2 saturated heterocycles. The lowest BCUT2D eigenvalue weighted by Gasteiger charge is -2.37. The Morgan fingerprint density at radius 2 is 2.00 bits per heavy atom. The van der Waals surface area contributed by atoms with Crippen molar-refractivity contribution in [3.8, 4) is 0 Å². The molecule has 0 aliphatic carbocycles. The molecule has 3 nitrogen and oxygen atoms in total. The molecular weight excluding hydrogens is 188 g/mol. The maximum absolute atomic E-state index is 11.7. The van der Waals surface area contributed by atoms with E-state index in [1.54, 1.807) is 0 Å². The van der Waals surface area contributed by atoms with Gasteiger partial charge in [0.05, 0.1) is 0 Å². The van der Waals surface area contributed by atoms with Crippen LogP contribution in [0.1, 0.15) is 38.5 Å². The maximum Gasteiger partial charge on any atom is 0.222 e. The summed E-state index contributed by atoms with van der Waals surface area (Å²) in [5.74, 6) is 0.375. The van der Waals surface area contributed by atoms with Gasteiger partial charge in [-0.1, -0.05) is 6.42 Å². The molecule has 0 unspecified atom stereocenters. The number of piperidine rings is 2. The Hall–Kier alpha value is -0.570. The van der Waals surface area contributed by atoms with Gasteiger partial charge in [0.15, 0.2) is 0 Å². The number of carbonyl (C=O) groups excluding carboxylic acids is 1. The van der Waals surface area contributed by atoms with E-state index in [1.165, 1.54) is 32.2 Å². The molecule has 0 radical (unpaired) electrons. The number of nitrogens with zero attached hydrogens (tertiary/aromatic N) is 2. The molecule has 0 aromatic carbocycles. The van der Waals surface area contributed by atoms with Crippen molar-refractivity contribution in [2.75, 3.05) is 26.7 Å². The zero-order chi connectivity index (χ0) is 10.7. The van der Waals surface area contributed by atoms with Crippen molar-refractivity contribution in [2.45, 2.75) is 44.6 Å². The van der Waals surface area contributed by atoms with Gasteiger partial charge in [-0.3, -0.25) is 4.79 Å². The van der Waals surface area contributed by atoms with Crippen LogP contribution in [0.5, 0.6) is 0 Å². The number of likely N-dealkylation sites (N-methyl/N-ethyl adjacent to an activating group) is 1. The Kier molecular flexibility index (Phi) is 3.62. The van der Waals surface area contributed by atoms with Gasteiger partial charge in [0, 0.05) is 25.6 Å². The molecule has 0 saturated carbocycles. The SMILES string of the molecule is CN1CCCC[C@H]1CN1CCCCC1=O. The second kappa shape index (κ2) is 4.97. The highest BCUT2D eigenvalue weighted by Crippen LogP contribution is 2.18. The van der Waals surface area contributed by atoms with Crippen LogP contribution in [0, 0.1) is 0 Å². The fourth-order valence-corrected chi connectivity index (χ4v) is 2.68. The summed E-state index contributed by atoms with van der Waals surface area (Å²) in [5.41, 5.74) is 0. The van der Waals surface area contributed by atoms with E-state index in [9.17, 15) is 4.79 Å². The van der Waals surface area contributed by atoms with E-state index in [0.717, 1.165) is 25.9 Å². The highest BCUT2D eigenvalue weighted by atomic mass is 16.2. The average molecular weight is 210 g/mol. The van der Waals surface area contributed by atoms with Crippen LogP contribution in [0.25, 0.3) is 0 Å². The molecule has 2 fully saturated rings. The van der Waals surface area contributed by atoms with Crippen LogP contribution in [-0.2, 0) is 4.79 Å². The van der Waals surface area contributed by atoms with Gasteiger partial charge in [0.2, 0.25) is 5.91 Å². The monoisotopic (exact) mass is 210 g/mol. The van der Waals surface area contributed by atoms with E-state index < -0.39 is 0 Å². The summed E-state index contributed by atoms with van der Waals surface area (Å²) in [6, 6.07) is 0.612. The molecule has 86 valence electrons. The largest absolute Gasteiger partial charge is 0.341 e. The predicted molar refractivity (Wildman–Crippen MR) is 60.7 cm³/mol. The molecule has 2 aliphatic rings. The molecule has 3 heteroatoms.